The summed E-state index contributed by atoms with van der Waals surface area (Å²) in [4.78, 5) is 0. The molecule has 1 rings (SSSR count). The first kappa shape index (κ1) is 14.9. The van der Waals surface area contributed by atoms with E-state index in [1.165, 1.54) is 0 Å². The second kappa shape index (κ2) is 8.86. The van der Waals surface area contributed by atoms with Crippen molar-refractivity contribution >= 4 is 0 Å². The highest BCUT2D eigenvalue weighted by Gasteiger charge is 2.17. The quantitative estimate of drug-likeness (QED) is 0.702. The maximum Gasteiger partial charge on any atom is 0.0932 e. The number of methoxy groups -OCH3 is 1. The highest BCUT2D eigenvalue weighted by molar-refractivity contribution is 4.67. The van der Waals surface area contributed by atoms with Gasteiger partial charge in [0, 0.05) is 32.9 Å². The van der Waals surface area contributed by atoms with Crippen LogP contribution < -0.4 is 5.32 Å². The van der Waals surface area contributed by atoms with Crippen molar-refractivity contribution in [3.63, 3.8) is 0 Å². The van der Waals surface area contributed by atoms with Gasteiger partial charge in [0.25, 0.3) is 0 Å². The Hall–Kier alpha value is -0.160. The van der Waals surface area contributed by atoms with E-state index in [9.17, 15) is 0 Å². The molecular formula is C13H27NO3. The highest BCUT2D eigenvalue weighted by Crippen LogP contribution is 2.15. The van der Waals surface area contributed by atoms with E-state index >= 15 is 0 Å². The van der Waals surface area contributed by atoms with Gasteiger partial charge in [-0.2, -0.15) is 0 Å². The minimum atomic E-state index is 0.158. The first-order chi connectivity index (χ1) is 8.22. The smallest absolute Gasteiger partial charge is 0.0932 e. The third kappa shape index (κ3) is 6.99. The van der Waals surface area contributed by atoms with Gasteiger partial charge in [0.15, 0.2) is 0 Å². The van der Waals surface area contributed by atoms with Gasteiger partial charge in [-0.05, 0) is 18.8 Å². The zero-order chi connectivity index (χ0) is 12.5. The fourth-order valence-corrected chi connectivity index (χ4v) is 1.90. The molecule has 0 aromatic carbocycles. The van der Waals surface area contributed by atoms with E-state index in [1.54, 1.807) is 7.11 Å². The Bertz CT molecular complexity index is 182. The van der Waals surface area contributed by atoms with Crippen LogP contribution in [0, 0.1) is 5.92 Å². The summed E-state index contributed by atoms with van der Waals surface area (Å²) in [6.07, 6.45) is 2.40. The summed E-state index contributed by atoms with van der Waals surface area (Å²) < 4.78 is 16.5. The molecule has 0 saturated carbocycles. The van der Waals surface area contributed by atoms with Crippen LogP contribution in [-0.2, 0) is 14.2 Å². The molecule has 0 radical (unpaired) electrons. The number of ether oxygens (including phenoxy) is 3. The van der Waals surface area contributed by atoms with Crippen LogP contribution in [0.15, 0.2) is 0 Å². The lowest BCUT2D eigenvalue weighted by atomic mass is 10.0. The molecule has 4 nitrogen and oxygen atoms in total. The number of hydrogen-bond acceptors (Lipinski definition) is 4. The Labute approximate surface area is 105 Å². The van der Waals surface area contributed by atoms with Gasteiger partial charge in [-0.25, -0.2) is 0 Å². The average Bonchev–Trinajstić information content (AvgIpc) is 2.34. The molecule has 102 valence electrons. The van der Waals surface area contributed by atoms with Crippen molar-refractivity contribution in [2.45, 2.75) is 38.8 Å². The third-order valence-electron chi connectivity index (χ3n) is 3.01. The molecule has 1 N–H and O–H groups in total. The van der Waals surface area contributed by atoms with Crippen molar-refractivity contribution < 1.29 is 14.2 Å². The molecule has 1 aliphatic rings. The highest BCUT2D eigenvalue weighted by atomic mass is 16.5. The molecule has 0 bridgehead atoms. The molecule has 0 amide bonds. The van der Waals surface area contributed by atoms with Gasteiger partial charge in [-0.3, -0.25) is 0 Å². The van der Waals surface area contributed by atoms with Crippen LogP contribution in [0.25, 0.3) is 0 Å². The molecule has 1 atom stereocenters. The maximum atomic E-state index is 5.93. The normalized spacial score (nSPS) is 19.8. The van der Waals surface area contributed by atoms with Crippen LogP contribution >= 0.6 is 0 Å². The Morgan fingerprint density at radius 3 is 2.59 bits per heavy atom. The summed E-state index contributed by atoms with van der Waals surface area (Å²) in [5, 5.41) is 3.39. The number of rotatable bonds is 8. The Morgan fingerprint density at radius 1 is 1.29 bits per heavy atom. The van der Waals surface area contributed by atoms with E-state index in [1.807, 2.05) is 0 Å². The lowest BCUT2D eigenvalue weighted by Crippen LogP contribution is -2.37. The number of hydrogen-bond donors (Lipinski definition) is 1. The zero-order valence-corrected chi connectivity index (χ0v) is 11.4. The van der Waals surface area contributed by atoms with E-state index in [2.05, 4.69) is 19.2 Å². The predicted octanol–water partition coefficient (Wildman–Crippen LogP) is 1.44. The van der Waals surface area contributed by atoms with E-state index in [4.69, 9.17) is 14.2 Å². The van der Waals surface area contributed by atoms with Crippen LogP contribution in [0.5, 0.6) is 0 Å². The summed E-state index contributed by atoms with van der Waals surface area (Å²) in [6.45, 7) is 8.39. The number of nitrogens with one attached hydrogen (secondary N) is 1. The monoisotopic (exact) mass is 245 g/mol. The van der Waals surface area contributed by atoms with Gasteiger partial charge in [0.2, 0.25) is 0 Å². The largest absolute Gasteiger partial charge is 0.382 e. The molecule has 1 aliphatic heterocycles. The molecular weight excluding hydrogens is 218 g/mol. The molecule has 0 aromatic rings. The molecule has 1 saturated heterocycles. The molecule has 1 unspecified atom stereocenters. The molecule has 0 aliphatic carbocycles. The van der Waals surface area contributed by atoms with Crippen molar-refractivity contribution in [1.82, 2.24) is 5.32 Å². The van der Waals surface area contributed by atoms with Gasteiger partial charge in [0.05, 0.1) is 19.3 Å². The minimum absolute atomic E-state index is 0.158. The first-order valence-corrected chi connectivity index (χ1v) is 6.64. The fourth-order valence-electron chi connectivity index (χ4n) is 1.90. The van der Waals surface area contributed by atoms with Gasteiger partial charge in [-0.15, -0.1) is 0 Å². The third-order valence-corrected chi connectivity index (χ3v) is 3.01. The summed E-state index contributed by atoms with van der Waals surface area (Å²) in [5.41, 5.74) is 0. The van der Waals surface area contributed by atoms with Crippen LogP contribution in [0.4, 0.5) is 0 Å². The Morgan fingerprint density at radius 2 is 2.00 bits per heavy atom. The second-order valence-electron chi connectivity index (χ2n) is 5.03. The SMILES string of the molecule is COCC(CNC(C)C)OCC1CCOCC1. The predicted molar refractivity (Wildman–Crippen MR) is 68.3 cm³/mol. The van der Waals surface area contributed by atoms with Gasteiger partial charge in [-0.1, -0.05) is 13.8 Å². The van der Waals surface area contributed by atoms with Crippen LogP contribution in [0.3, 0.4) is 0 Å². The molecule has 0 aromatic heterocycles. The van der Waals surface area contributed by atoms with E-state index < -0.39 is 0 Å². The van der Waals surface area contributed by atoms with Crippen molar-refractivity contribution in [1.29, 1.82) is 0 Å². The summed E-state index contributed by atoms with van der Waals surface area (Å²) in [5.74, 6) is 0.655. The Kier molecular flexibility index (Phi) is 7.77. The van der Waals surface area contributed by atoms with E-state index in [0.29, 0.717) is 18.6 Å². The van der Waals surface area contributed by atoms with Gasteiger partial charge in [0.1, 0.15) is 0 Å². The molecule has 4 heteroatoms. The van der Waals surface area contributed by atoms with E-state index in [-0.39, 0.29) is 6.10 Å². The van der Waals surface area contributed by atoms with E-state index in [0.717, 1.165) is 39.2 Å². The lowest BCUT2D eigenvalue weighted by molar-refractivity contribution is -0.0373. The Balaban J connectivity index is 2.17. The van der Waals surface area contributed by atoms with Crippen LogP contribution in [0.2, 0.25) is 0 Å². The summed E-state index contributed by atoms with van der Waals surface area (Å²) >= 11 is 0. The lowest BCUT2D eigenvalue weighted by Gasteiger charge is -2.25. The summed E-state index contributed by atoms with van der Waals surface area (Å²) in [6, 6.07) is 0.487. The van der Waals surface area contributed by atoms with Crippen LogP contribution in [-0.4, -0.2) is 52.2 Å². The molecule has 1 heterocycles. The van der Waals surface area contributed by atoms with Crippen molar-refractivity contribution in [2.24, 2.45) is 5.92 Å². The van der Waals surface area contributed by atoms with Crippen molar-refractivity contribution in [3.05, 3.63) is 0 Å². The second-order valence-corrected chi connectivity index (χ2v) is 5.03. The first-order valence-electron chi connectivity index (χ1n) is 6.64. The van der Waals surface area contributed by atoms with Crippen molar-refractivity contribution in [2.75, 3.05) is 40.1 Å². The molecule has 1 fully saturated rings. The van der Waals surface area contributed by atoms with Gasteiger partial charge >= 0.3 is 0 Å². The zero-order valence-electron chi connectivity index (χ0n) is 11.4. The van der Waals surface area contributed by atoms with Crippen LogP contribution in [0.1, 0.15) is 26.7 Å². The summed E-state index contributed by atoms with van der Waals surface area (Å²) in [7, 11) is 1.72. The van der Waals surface area contributed by atoms with Crippen molar-refractivity contribution in [3.8, 4) is 0 Å². The maximum absolute atomic E-state index is 5.93. The molecule has 0 spiro atoms. The minimum Gasteiger partial charge on any atom is -0.382 e. The van der Waals surface area contributed by atoms with Gasteiger partial charge < -0.3 is 19.5 Å². The molecule has 17 heavy (non-hydrogen) atoms. The standard InChI is InChI=1S/C13H27NO3/c1-11(2)14-8-13(10-15-3)17-9-12-4-6-16-7-5-12/h11-14H,4-10H2,1-3H3. The average molecular weight is 245 g/mol. The topological polar surface area (TPSA) is 39.7 Å². The fraction of sp³-hybridized carbons (Fsp3) is 1.00.